The molecule has 0 aliphatic carbocycles. The summed E-state index contributed by atoms with van der Waals surface area (Å²) in [4.78, 5) is 21.1. The average Bonchev–Trinajstić information content (AvgIpc) is 2.75. The Kier molecular flexibility index (Phi) is 8.25. The van der Waals surface area contributed by atoms with Crippen LogP contribution in [-0.4, -0.2) is 34.2 Å². The van der Waals surface area contributed by atoms with E-state index in [1.54, 1.807) is 6.20 Å². The molecular formula is C22H25Cl2N5O. The van der Waals surface area contributed by atoms with Crippen LogP contribution in [0.3, 0.4) is 0 Å². The van der Waals surface area contributed by atoms with E-state index < -0.39 is 0 Å². The third-order valence-corrected chi connectivity index (χ3v) is 5.58. The van der Waals surface area contributed by atoms with Gasteiger partial charge in [0.25, 0.3) is 5.56 Å². The fourth-order valence-electron chi connectivity index (χ4n) is 3.11. The topological polar surface area (TPSA) is 71.8 Å². The van der Waals surface area contributed by atoms with Gasteiger partial charge in [0.1, 0.15) is 5.15 Å². The lowest BCUT2D eigenvalue weighted by Crippen LogP contribution is -2.31. The van der Waals surface area contributed by atoms with Gasteiger partial charge in [-0.15, -0.1) is 0 Å². The van der Waals surface area contributed by atoms with Crippen LogP contribution in [0.25, 0.3) is 0 Å². The van der Waals surface area contributed by atoms with Crippen LogP contribution < -0.4 is 16.2 Å². The van der Waals surface area contributed by atoms with Crippen LogP contribution >= 0.6 is 23.2 Å². The lowest BCUT2D eigenvalue weighted by molar-refractivity contribution is 0.584. The van der Waals surface area contributed by atoms with Crippen molar-refractivity contribution in [3.05, 3.63) is 86.1 Å². The van der Waals surface area contributed by atoms with Crippen molar-refractivity contribution in [3.63, 3.8) is 0 Å². The van der Waals surface area contributed by atoms with Gasteiger partial charge in [0.2, 0.25) is 0 Å². The quantitative estimate of drug-likeness (QED) is 0.465. The number of benzene rings is 1. The van der Waals surface area contributed by atoms with Crippen LogP contribution in [0.4, 0.5) is 5.82 Å². The number of nitrogens with zero attached hydrogens (tertiary/aromatic N) is 3. The minimum absolute atomic E-state index is 0.226. The first-order valence-corrected chi connectivity index (χ1v) is 10.7. The van der Waals surface area contributed by atoms with Gasteiger partial charge in [0, 0.05) is 43.0 Å². The Hall–Kier alpha value is -2.41. The van der Waals surface area contributed by atoms with Crippen LogP contribution in [0.1, 0.15) is 16.8 Å². The van der Waals surface area contributed by atoms with E-state index in [1.807, 2.05) is 37.3 Å². The summed E-state index contributed by atoms with van der Waals surface area (Å²) in [5.74, 6) is 0.296. The second kappa shape index (κ2) is 11.1. The highest BCUT2D eigenvalue weighted by Crippen LogP contribution is 2.18. The summed E-state index contributed by atoms with van der Waals surface area (Å²) in [6, 6.07) is 11.7. The van der Waals surface area contributed by atoms with Gasteiger partial charge in [0.05, 0.1) is 6.20 Å². The summed E-state index contributed by atoms with van der Waals surface area (Å²) in [6.07, 6.45) is 4.83. The number of hydrogen-bond acceptors (Lipinski definition) is 5. The average molecular weight is 446 g/mol. The van der Waals surface area contributed by atoms with Gasteiger partial charge in [-0.25, -0.2) is 4.98 Å². The van der Waals surface area contributed by atoms with Crippen molar-refractivity contribution >= 4 is 29.0 Å². The molecule has 0 radical (unpaired) electrons. The lowest BCUT2D eigenvalue weighted by atomic mass is 10.1. The zero-order valence-corrected chi connectivity index (χ0v) is 18.4. The van der Waals surface area contributed by atoms with Gasteiger partial charge in [0.15, 0.2) is 5.82 Å². The molecule has 0 atom stereocenters. The first kappa shape index (κ1) is 22.3. The van der Waals surface area contributed by atoms with Gasteiger partial charge >= 0.3 is 0 Å². The molecule has 0 spiro atoms. The zero-order valence-electron chi connectivity index (χ0n) is 16.9. The molecule has 2 aromatic heterocycles. The monoisotopic (exact) mass is 445 g/mol. The maximum atomic E-state index is 12.7. The number of rotatable bonds is 10. The largest absolute Gasteiger partial charge is 0.365 e. The SMILES string of the molecule is Cc1c(Cl)cccc1CCNCCn1c(Cl)cnc(NCCc2ccccn2)c1=O. The van der Waals surface area contributed by atoms with E-state index in [4.69, 9.17) is 23.2 Å². The third-order valence-electron chi connectivity index (χ3n) is 4.87. The Morgan fingerprint density at radius 2 is 1.87 bits per heavy atom. The molecule has 30 heavy (non-hydrogen) atoms. The van der Waals surface area contributed by atoms with E-state index in [0.29, 0.717) is 37.0 Å². The fourth-order valence-corrected chi connectivity index (χ4v) is 3.52. The lowest BCUT2D eigenvalue weighted by Gasteiger charge is -2.12. The van der Waals surface area contributed by atoms with Crippen molar-refractivity contribution < 1.29 is 0 Å². The van der Waals surface area contributed by atoms with Gasteiger partial charge in [-0.3, -0.25) is 14.3 Å². The van der Waals surface area contributed by atoms with E-state index in [-0.39, 0.29) is 5.56 Å². The number of pyridine rings is 1. The summed E-state index contributed by atoms with van der Waals surface area (Å²) in [5, 5.41) is 7.55. The zero-order chi connectivity index (χ0) is 21.3. The van der Waals surface area contributed by atoms with Crippen molar-refractivity contribution in [2.24, 2.45) is 0 Å². The highest BCUT2D eigenvalue weighted by molar-refractivity contribution is 6.31. The number of anilines is 1. The molecule has 3 rings (SSSR count). The first-order chi connectivity index (χ1) is 14.6. The normalized spacial score (nSPS) is 10.9. The molecule has 0 fully saturated rings. The predicted octanol–water partition coefficient (Wildman–Crippen LogP) is 3.74. The second-order valence-corrected chi connectivity index (χ2v) is 7.70. The molecule has 0 aliphatic heterocycles. The van der Waals surface area contributed by atoms with Gasteiger partial charge in [-0.2, -0.15) is 0 Å². The smallest absolute Gasteiger partial charge is 0.294 e. The van der Waals surface area contributed by atoms with E-state index >= 15 is 0 Å². The van der Waals surface area contributed by atoms with E-state index in [9.17, 15) is 4.79 Å². The van der Waals surface area contributed by atoms with Crippen molar-refractivity contribution in [2.75, 3.05) is 25.0 Å². The summed E-state index contributed by atoms with van der Waals surface area (Å²) < 4.78 is 1.52. The molecule has 3 aromatic rings. The number of nitrogens with one attached hydrogen (secondary N) is 2. The summed E-state index contributed by atoms with van der Waals surface area (Å²) in [5.41, 5.74) is 3.05. The third kappa shape index (κ3) is 6.05. The highest BCUT2D eigenvalue weighted by atomic mass is 35.5. The Morgan fingerprint density at radius 3 is 2.67 bits per heavy atom. The Bertz CT molecular complexity index is 1020. The van der Waals surface area contributed by atoms with Crippen molar-refractivity contribution in [3.8, 4) is 0 Å². The summed E-state index contributed by atoms with van der Waals surface area (Å²) in [6.45, 7) is 4.46. The Balaban J connectivity index is 1.50. The molecule has 2 heterocycles. The number of halogens is 2. The van der Waals surface area contributed by atoms with E-state index in [0.717, 1.165) is 29.2 Å². The number of aromatic nitrogens is 3. The molecule has 158 valence electrons. The molecule has 0 amide bonds. The molecule has 0 saturated carbocycles. The molecule has 0 unspecified atom stereocenters. The van der Waals surface area contributed by atoms with Crippen LogP contribution in [0.2, 0.25) is 10.2 Å². The first-order valence-electron chi connectivity index (χ1n) is 9.90. The minimum atomic E-state index is -0.226. The second-order valence-electron chi connectivity index (χ2n) is 6.91. The Labute approximate surface area is 186 Å². The van der Waals surface area contributed by atoms with Crippen LogP contribution in [0, 0.1) is 6.92 Å². The van der Waals surface area contributed by atoms with Gasteiger partial charge in [-0.05, 0) is 49.2 Å². The van der Waals surface area contributed by atoms with E-state index in [2.05, 4.69) is 26.7 Å². The van der Waals surface area contributed by atoms with Crippen molar-refractivity contribution in [1.29, 1.82) is 0 Å². The molecular weight excluding hydrogens is 421 g/mol. The van der Waals surface area contributed by atoms with E-state index in [1.165, 1.54) is 16.3 Å². The minimum Gasteiger partial charge on any atom is -0.365 e. The van der Waals surface area contributed by atoms with Gasteiger partial charge in [-0.1, -0.05) is 41.4 Å². The van der Waals surface area contributed by atoms with Crippen LogP contribution in [0.5, 0.6) is 0 Å². The molecule has 2 N–H and O–H groups in total. The molecule has 0 aliphatic rings. The maximum absolute atomic E-state index is 12.7. The van der Waals surface area contributed by atoms with Crippen molar-refractivity contribution in [2.45, 2.75) is 26.3 Å². The number of hydrogen-bond donors (Lipinski definition) is 2. The molecule has 0 bridgehead atoms. The maximum Gasteiger partial charge on any atom is 0.294 e. The highest BCUT2D eigenvalue weighted by Gasteiger charge is 2.09. The summed E-state index contributed by atoms with van der Waals surface area (Å²) in [7, 11) is 0. The van der Waals surface area contributed by atoms with Gasteiger partial charge < -0.3 is 10.6 Å². The predicted molar refractivity (Wildman–Crippen MR) is 123 cm³/mol. The van der Waals surface area contributed by atoms with Crippen LogP contribution in [0.15, 0.2) is 53.6 Å². The molecule has 6 nitrogen and oxygen atoms in total. The standard InChI is InChI=1S/C22H25Cl2N5O/c1-16-17(5-4-7-19(16)23)8-11-25-13-14-29-20(24)15-28-21(22(29)30)27-12-9-18-6-2-3-10-26-18/h2-7,10,15,25H,8-9,11-14H2,1H3,(H,27,28). The molecule has 0 saturated heterocycles. The molecule has 1 aromatic carbocycles. The van der Waals surface area contributed by atoms with Crippen molar-refractivity contribution in [1.82, 2.24) is 19.9 Å². The fraction of sp³-hybridized carbons (Fsp3) is 0.318. The Morgan fingerprint density at radius 1 is 1.00 bits per heavy atom. The summed E-state index contributed by atoms with van der Waals surface area (Å²) >= 11 is 12.4. The molecule has 8 heteroatoms. The van der Waals surface area contributed by atoms with Crippen LogP contribution in [-0.2, 0) is 19.4 Å².